The van der Waals surface area contributed by atoms with Crippen molar-refractivity contribution in [2.45, 2.75) is 61.8 Å². The summed E-state index contributed by atoms with van der Waals surface area (Å²) in [7, 11) is 0. The zero-order valence-electron chi connectivity index (χ0n) is 12.6. The first kappa shape index (κ1) is 19.4. The van der Waals surface area contributed by atoms with Gasteiger partial charge >= 0.3 is 0 Å². The maximum absolute atomic E-state index is 2.51. The minimum absolute atomic E-state index is 0. The molecule has 0 N–H and O–H groups in total. The Hall–Kier alpha value is 1.10. The monoisotopic (exact) mass is 299 g/mol. The molecule has 1 unspecified atom stereocenters. The van der Waals surface area contributed by atoms with Crippen LogP contribution in [0, 0.1) is 35.5 Å². The Morgan fingerprint density at radius 3 is 1.75 bits per heavy atom. The van der Waals surface area contributed by atoms with E-state index in [0.717, 1.165) is 11.8 Å². The van der Waals surface area contributed by atoms with E-state index in [9.17, 15) is 0 Å². The Morgan fingerprint density at radius 1 is 1.06 bits per heavy atom. The molecule has 0 aliphatic carbocycles. The topological polar surface area (TPSA) is 0 Å². The summed E-state index contributed by atoms with van der Waals surface area (Å²) in [5.41, 5.74) is 0.347. The van der Waals surface area contributed by atoms with Crippen LogP contribution in [0.1, 0.15) is 61.8 Å². The Balaban J connectivity index is 0. The largest absolute Gasteiger partial charge is 0.320 e. The molecule has 0 saturated carbocycles. The van der Waals surface area contributed by atoms with Crippen LogP contribution in [0.4, 0.5) is 0 Å². The molecule has 0 aromatic carbocycles. The summed E-state index contributed by atoms with van der Waals surface area (Å²) >= 11 is 0. The minimum Gasteiger partial charge on any atom is -0.320 e. The number of rotatable bonds is 6. The zero-order valence-corrected chi connectivity index (χ0v) is 15.4. The van der Waals surface area contributed by atoms with Crippen LogP contribution in [0.2, 0.25) is 0 Å². The van der Waals surface area contributed by atoms with Gasteiger partial charge in [-0.3, -0.25) is 0 Å². The first-order valence-corrected chi connectivity index (χ1v) is 6.32. The quantitative estimate of drug-likeness (QED) is 0.595. The first-order chi connectivity index (χ1) is 6.66. The second-order valence-corrected chi connectivity index (χ2v) is 6.49. The number of hydrogen-bond acceptors (Lipinski definition) is 0. The van der Waals surface area contributed by atoms with Gasteiger partial charge in [-0.15, -0.1) is 0 Å². The van der Waals surface area contributed by atoms with Gasteiger partial charge in [0.05, 0.1) is 0 Å². The van der Waals surface area contributed by atoms with Gasteiger partial charge in [-0.25, -0.2) is 0 Å². The standard InChI is InChI=1S/C15H30.Y/c1-11(2)9-14(13(5)6)15(7,8)10-12(3)4;/h10,12-14H,9H2,1-8H3;/q-2;. The third-order valence-electron chi connectivity index (χ3n) is 3.15. The summed E-state index contributed by atoms with van der Waals surface area (Å²) in [5, 5.41) is 0. The van der Waals surface area contributed by atoms with Crippen LogP contribution < -0.4 is 0 Å². The van der Waals surface area contributed by atoms with E-state index in [4.69, 9.17) is 0 Å². The van der Waals surface area contributed by atoms with Gasteiger partial charge in [0, 0.05) is 32.7 Å². The molecule has 95 valence electrons. The summed E-state index contributed by atoms with van der Waals surface area (Å²) in [6.45, 7) is 18.5. The van der Waals surface area contributed by atoms with Crippen molar-refractivity contribution >= 4 is 0 Å². The fourth-order valence-corrected chi connectivity index (χ4v) is 2.78. The van der Waals surface area contributed by atoms with Gasteiger partial charge in [0.1, 0.15) is 0 Å². The fourth-order valence-electron chi connectivity index (χ4n) is 2.78. The average Bonchev–Trinajstić information content (AvgIpc) is 1.96. The molecule has 16 heavy (non-hydrogen) atoms. The molecule has 0 aliphatic heterocycles. The molecule has 0 aromatic rings. The van der Waals surface area contributed by atoms with Crippen LogP contribution in [-0.2, 0) is 32.7 Å². The van der Waals surface area contributed by atoms with Crippen LogP contribution in [0.15, 0.2) is 0 Å². The fraction of sp³-hybridized carbons (Fsp3) is 0.867. The molecular weight excluding hydrogens is 269 g/mol. The van der Waals surface area contributed by atoms with Crippen molar-refractivity contribution in [1.82, 2.24) is 0 Å². The van der Waals surface area contributed by atoms with Gasteiger partial charge in [0.25, 0.3) is 0 Å². The zero-order chi connectivity index (χ0) is 12.2. The van der Waals surface area contributed by atoms with Crippen molar-refractivity contribution in [1.29, 1.82) is 0 Å². The Morgan fingerprint density at radius 2 is 1.50 bits per heavy atom. The summed E-state index contributed by atoms with van der Waals surface area (Å²) in [5.74, 6) is 3.76. The molecule has 1 radical (unpaired) electrons. The van der Waals surface area contributed by atoms with E-state index in [1.54, 1.807) is 5.92 Å². The van der Waals surface area contributed by atoms with Crippen LogP contribution in [0.5, 0.6) is 0 Å². The SMILES string of the molecule is C[C-](C)CC(C(C)C)C(C)(C)[CH-]C(C)C.[Y]. The molecule has 0 amide bonds. The predicted molar refractivity (Wildman–Crippen MR) is 70.5 cm³/mol. The Bertz CT molecular complexity index is 168. The summed E-state index contributed by atoms with van der Waals surface area (Å²) in [4.78, 5) is 0. The summed E-state index contributed by atoms with van der Waals surface area (Å²) in [6, 6.07) is 0. The van der Waals surface area contributed by atoms with E-state index < -0.39 is 0 Å². The summed E-state index contributed by atoms with van der Waals surface area (Å²) < 4.78 is 0. The van der Waals surface area contributed by atoms with Crippen molar-refractivity contribution < 1.29 is 32.7 Å². The van der Waals surface area contributed by atoms with Gasteiger partial charge in [-0.1, -0.05) is 47.5 Å². The van der Waals surface area contributed by atoms with Crippen LogP contribution >= 0.6 is 0 Å². The van der Waals surface area contributed by atoms with Gasteiger partial charge in [0.2, 0.25) is 0 Å². The van der Waals surface area contributed by atoms with Gasteiger partial charge in [-0.05, 0) is 5.92 Å². The predicted octanol–water partition coefficient (Wildman–Crippen LogP) is 5.15. The normalized spacial score (nSPS) is 14.4. The molecule has 0 bridgehead atoms. The molecule has 0 heterocycles. The number of hydrogen-bond donors (Lipinski definition) is 0. The van der Waals surface area contributed by atoms with Gasteiger partial charge in [0.15, 0.2) is 0 Å². The molecule has 0 nitrogen and oxygen atoms in total. The van der Waals surface area contributed by atoms with E-state index in [-0.39, 0.29) is 32.7 Å². The molecule has 1 atom stereocenters. The van der Waals surface area contributed by atoms with Crippen molar-refractivity contribution in [3.05, 3.63) is 12.3 Å². The molecule has 0 saturated heterocycles. The second kappa shape index (κ2) is 8.25. The van der Waals surface area contributed by atoms with E-state index >= 15 is 0 Å². The minimum atomic E-state index is 0. The maximum Gasteiger partial charge on any atom is 0 e. The maximum atomic E-state index is 2.51. The van der Waals surface area contributed by atoms with Crippen molar-refractivity contribution in [2.24, 2.45) is 23.2 Å². The van der Waals surface area contributed by atoms with Crippen molar-refractivity contribution in [3.63, 3.8) is 0 Å². The second-order valence-electron chi connectivity index (χ2n) is 6.49. The molecule has 0 rings (SSSR count). The van der Waals surface area contributed by atoms with E-state index in [2.05, 4.69) is 61.8 Å². The van der Waals surface area contributed by atoms with E-state index in [1.807, 2.05) is 0 Å². The molecule has 0 fully saturated rings. The summed E-state index contributed by atoms with van der Waals surface area (Å²) in [6.07, 6.45) is 3.77. The molecule has 0 spiro atoms. The average molecular weight is 299 g/mol. The smallest absolute Gasteiger partial charge is 0 e. The van der Waals surface area contributed by atoms with Crippen molar-refractivity contribution in [2.75, 3.05) is 0 Å². The van der Waals surface area contributed by atoms with Crippen LogP contribution in [0.25, 0.3) is 0 Å². The molecule has 1 heteroatoms. The third kappa shape index (κ3) is 7.43. The Labute approximate surface area is 129 Å². The Kier molecular flexibility index (Phi) is 10.0. The molecule has 0 aliphatic rings. The van der Waals surface area contributed by atoms with Gasteiger partial charge < -0.3 is 12.3 Å². The van der Waals surface area contributed by atoms with Crippen LogP contribution in [0.3, 0.4) is 0 Å². The van der Waals surface area contributed by atoms with E-state index in [0.29, 0.717) is 11.3 Å². The molecule has 0 aromatic heterocycles. The molecular formula is C15H30Y-2. The van der Waals surface area contributed by atoms with E-state index in [1.165, 1.54) is 6.42 Å². The third-order valence-corrected chi connectivity index (χ3v) is 3.15. The van der Waals surface area contributed by atoms with Crippen molar-refractivity contribution in [3.8, 4) is 0 Å². The van der Waals surface area contributed by atoms with Crippen LogP contribution in [-0.4, -0.2) is 0 Å². The first-order valence-electron chi connectivity index (χ1n) is 6.32. The van der Waals surface area contributed by atoms with Gasteiger partial charge in [-0.2, -0.15) is 31.6 Å².